The molecule has 13 heteroatoms. The number of carbonyl (C=O) groups is 3. The molecule has 1 saturated heterocycles. The summed E-state index contributed by atoms with van der Waals surface area (Å²) in [7, 11) is 2.76. The Kier molecular flexibility index (Phi) is 19.4. The molecule has 2 aliphatic heterocycles. The molecule has 56 heavy (non-hydrogen) atoms. The molecule has 0 unspecified atom stereocenters. The Hall–Kier alpha value is -3.59. The number of aliphatic carboxylic acids is 1. The van der Waals surface area contributed by atoms with Crippen LogP contribution in [-0.4, -0.2) is 106 Å². The Balaban J connectivity index is 2.61. The number of ether oxygens (including phenoxy) is 5. The van der Waals surface area contributed by atoms with Crippen molar-refractivity contribution in [1.82, 2.24) is 0 Å². The van der Waals surface area contributed by atoms with E-state index in [0.29, 0.717) is 24.5 Å². The summed E-state index contributed by atoms with van der Waals surface area (Å²) in [6, 6.07) is 0. The van der Waals surface area contributed by atoms with Crippen molar-refractivity contribution in [2.24, 2.45) is 35.5 Å². The van der Waals surface area contributed by atoms with Crippen molar-refractivity contribution in [3.05, 3.63) is 71.6 Å². The predicted octanol–water partition coefficient (Wildman–Crippen LogP) is 5.19. The second-order valence-corrected chi connectivity index (χ2v) is 15.5. The van der Waals surface area contributed by atoms with Crippen LogP contribution in [0.2, 0.25) is 0 Å². The van der Waals surface area contributed by atoms with Gasteiger partial charge in [-0.1, -0.05) is 89.1 Å². The Bertz CT molecular complexity index is 1490. The topological polar surface area (TPSA) is 199 Å². The monoisotopic (exact) mass is 790 g/mol. The summed E-state index contributed by atoms with van der Waals surface area (Å²) in [6.45, 7) is 16.2. The highest BCUT2D eigenvalue weighted by Gasteiger charge is 2.52. The van der Waals surface area contributed by atoms with Crippen LogP contribution in [0.4, 0.5) is 0 Å². The number of cyclic esters (lactones) is 1. The molecule has 0 spiro atoms. The summed E-state index contributed by atoms with van der Waals surface area (Å²) >= 11 is 0. The van der Waals surface area contributed by atoms with Crippen LogP contribution in [0.15, 0.2) is 71.6 Å². The van der Waals surface area contributed by atoms with Gasteiger partial charge in [-0.2, -0.15) is 0 Å². The predicted molar refractivity (Wildman–Crippen MR) is 211 cm³/mol. The first-order valence-corrected chi connectivity index (χ1v) is 19.5. The van der Waals surface area contributed by atoms with Crippen LogP contribution in [0.1, 0.15) is 81.6 Å². The second kappa shape index (κ2) is 22.4. The lowest BCUT2D eigenvalue weighted by Crippen LogP contribution is -2.58. The van der Waals surface area contributed by atoms with Gasteiger partial charge in [0.05, 0.1) is 31.5 Å². The van der Waals surface area contributed by atoms with Gasteiger partial charge in [0.2, 0.25) is 5.76 Å². The zero-order valence-electron chi connectivity index (χ0n) is 34.8. The van der Waals surface area contributed by atoms with Crippen LogP contribution in [0.25, 0.3) is 0 Å². The number of aliphatic hydroxyl groups excluding tert-OH is 3. The van der Waals surface area contributed by atoms with Gasteiger partial charge in [-0.3, -0.25) is 0 Å². The van der Waals surface area contributed by atoms with Crippen LogP contribution in [-0.2, 0) is 38.1 Å². The number of allylic oxidation sites excluding steroid dienone is 6. The summed E-state index contributed by atoms with van der Waals surface area (Å²) < 4.78 is 29.2. The molecule has 0 aromatic heterocycles. The largest absolute Gasteiger partial charge is 0.490 e. The highest BCUT2D eigenvalue weighted by Crippen LogP contribution is 2.41. The van der Waals surface area contributed by atoms with Crippen molar-refractivity contribution >= 4 is 17.9 Å². The molecule has 0 bridgehead atoms. The maximum absolute atomic E-state index is 13.8. The third-order valence-corrected chi connectivity index (χ3v) is 11.2. The van der Waals surface area contributed by atoms with Gasteiger partial charge >= 0.3 is 17.9 Å². The van der Waals surface area contributed by atoms with E-state index in [1.807, 2.05) is 33.8 Å². The highest BCUT2D eigenvalue weighted by molar-refractivity contribution is 5.90. The number of carboxylic acids is 1. The molecule has 316 valence electrons. The van der Waals surface area contributed by atoms with E-state index < -0.39 is 84.2 Å². The minimum atomic E-state index is -2.05. The van der Waals surface area contributed by atoms with E-state index >= 15 is 0 Å². The number of carboxylic acid groups (broad SMARTS) is 1. The molecule has 0 aliphatic carbocycles. The Labute approximate surface area is 332 Å². The lowest BCUT2D eigenvalue weighted by Gasteiger charge is -2.48. The molecule has 0 radical (unpaired) electrons. The molecule has 13 nitrogen and oxygen atoms in total. The van der Waals surface area contributed by atoms with Gasteiger partial charge in [-0.05, 0) is 45.6 Å². The Morgan fingerprint density at radius 2 is 1.75 bits per heavy atom. The molecule has 2 heterocycles. The molecule has 1 fully saturated rings. The fourth-order valence-electron chi connectivity index (χ4n) is 7.64. The van der Waals surface area contributed by atoms with E-state index in [2.05, 4.69) is 0 Å². The molecule has 0 aromatic rings. The number of carbonyl (C=O) groups excluding carboxylic acids is 2. The number of hydrogen-bond acceptors (Lipinski definition) is 12. The smallest absolute Gasteiger partial charge is 0.373 e. The van der Waals surface area contributed by atoms with Crippen LogP contribution < -0.4 is 0 Å². The quantitative estimate of drug-likeness (QED) is 0.104. The molecule has 0 aromatic carbocycles. The fraction of sp³-hybridized carbons (Fsp3) is 0.651. The lowest BCUT2D eigenvalue weighted by molar-refractivity contribution is -0.314. The molecule has 14 atom stereocenters. The van der Waals surface area contributed by atoms with Gasteiger partial charge in [-0.15, -0.1) is 0 Å². The van der Waals surface area contributed by atoms with Crippen molar-refractivity contribution < 1.29 is 63.6 Å². The van der Waals surface area contributed by atoms with E-state index in [9.17, 15) is 34.8 Å². The first-order valence-electron chi connectivity index (χ1n) is 19.5. The van der Waals surface area contributed by atoms with Crippen molar-refractivity contribution in [1.29, 1.82) is 0 Å². The van der Waals surface area contributed by atoms with E-state index in [4.69, 9.17) is 28.8 Å². The molecular weight excluding hydrogens is 724 g/mol. The van der Waals surface area contributed by atoms with E-state index in [0.717, 1.165) is 11.6 Å². The number of rotatable bonds is 11. The van der Waals surface area contributed by atoms with E-state index in [1.165, 1.54) is 20.3 Å². The number of hydrogen-bond donors (Lipinski definition) is 5. The average Bonchev–Trinajstić information content (AvgIpc) is 3.14. The maximum atomic E-state index is 13.8. The third-order valence-electron chi connectivity index (χ3n) is 11.2. The standard InChI is InChI=1S/C43H66O13/c1-12-15-32-28(7)35(54-37(46)19-18-36(44)45)23-43(51,56-32)30(9)40(49)29(8)41-33(52-10)17-14-16-24(3)20-26(5)38(47)31(13-2)39(48)27(6)21-25(4)22-34(53-11)42(50)55-41/h12,14-19,21-22,26-33,35,38-41,47-49,51H,13,20,23H2,1-11H3,(H,44,45)/b15-12+,17-14-,19-18+,24-16-,25-21-,34-22+/t26-,27-,28-,29+,30+,31+,32-,33+,35-,38+,39-,40-,41-,43-/m1/s1. The zero-order chi connectivity index (χ0) is 42.5. The van der Waals surface area contributed by atoms with Crippen LogP contribution in [0, 0.1) is 35.5 Å². The fourth-order valence-corrected chi connectivity index (χ4v) is 7.64. The van der Waals surface area contributed by atoms with Gasteiger partial charge in [-0.25, -0.2) is 14.4 Å². The number of esters is 2. The second-order valence-electron chi connectivity index (χ2n) is 15.5. The minimum absolute atomic E-state index is 0.143. The van der Waals surface area contributed by atoms with Crippen molar-refractivity contribution in [3.63, 3.8) is 0 Å². The highest BCUT2D eigenvalue weighted by atomic mass is 16.6. The van der Waals surface area contributed by atoms with Crippen molar-refractivity contribution in [3.8, 4) is 0 Å². The molecule has 0 amide bonds. The average molecular weight is 791 g/mol. The first-order chi connectivity index (χ1) is 26.2. The third kappa shape index (κ3) is 13.2. The van der Waals surface area contributed by atoms with Crippen LogP contribution in [0.3, 0.4) is 0 Å². The summed E-state index contributed by atoms with van der Waals surface area (Å²) in [5, 5.41) is 55.6. The summed E-state index contributed by atoms with van der Waals surface area (Å²) in [5.74, 6) is -8.60. The van der Waals surface area contributed by atoms with Crippen molar-refractivity contribution in [2.75, 3.05) is 14.2 Å². The molecule has 2 rings (SSSR count). The van der Waals surface area contributed by atoms with Crippen LogP contribution in [0.5, 0.6) is 0 Å². The summed E-state index contributed by atoms with van der Waals surface area (Å²) in [6.07, 6.45) is 7.61. The van der Waals surface area contributed by atoms with Gasteiger partial charge in [0.1, 0.15) is 18.3 Å². The Morgan fingerprint density at radius 3 is 2.32 bits per heavy atom. The zero-order valence-corrected chi connectivity index (χ0v) is 34.8. The molecular formula is C43H66O13. The van der Waals surface area contributed by atoms with E-state index in [1.54, 1.807) is 65.0 Å². The first kappa shape index (κ1) is 48.6. The molecule has 0 saturated carbocycles. The van der Waals surface area contributed by atoms with E-state index in [-0.39, 0.29) is 29.9 Å². The number of methoxy groups -OCH3 is 2. The lowest BCUT2D eigenvalue weighted by atomic mass is 9.77. The maximum Gasteiger partial charge on any atom is 0.373 e. The normalized spacial score (nSPS) is 38.0. The summed E-state index contributed by atoms with van der Waals surface area (Å²) in [5.41, 5.74) is 1.56. The van der Waals surface area contributed by atoms with Crippen LogP contribution >= 0.6 is 0 Å². The summed E-state index contributed by atoms with van der Waals surface area (Å²) in [4.78, 5) is 37.3. The van der Waals surface area contributed by atoms with Gasteiger partial charge in [0.25, 0.3) is 0 Å². The molecule has 5 N–H and O–H groups in total. The Morgan fingerprint density at radius 1 is 1.09 bits per heavy atom. The van der Waals surface area contributed by atoms with Gasteiger partial charge in [0.15, 0.2) is 5.79 Å². The molecule has 2 aliphatic rings. The van der Waals surface area contributed by atoms with Gasteiger partial charge in [0, 0.05) is 55.3 Å². The van der Waals surface area contributed by atoms with Gasteiger partial charge < -0.3 is 49.2 Å². The SMILES string of the molecule is C/C=C/[C@H]1O[C@@](O)([C@@H](C)[C@H](O)[C@H](C)[C@H]2OC(=O)/C(OC)=C\C(C)=C/[C@@H](C)[C@@H](O)[C@@H](CC)[C@@H](O)[C@H](C)C/C(C)=C\C=C/[C@@H]2OC)C[C@@H](OC(=O)/C=C/C(=O)O)[C@@H]1C. The van der Waals surface area contributed by atoms with Crippen molar-refractivity contribution in [2.45, 2.75) is 130 Å². The number of aliphatic hydroxyl groups is 4. The minimum Gasteiger partial charge on any atom is -0.490 e.